The van der Waals surface area contributed by atoms with Crippen molar-refractivity contribution < 1.29 is 20.1 Å². The van der Waals surface area contributed by atoms with Crippen LogP contribution < -0.4 is 0 Å². The van der Waals surface area contributed by atoms with Crippen LogP contribution in [0.25, 0.3) is 38.6 Å². The minimum absolute atomic E-state index is 0. The minimum Gasteiger partial charge on any atom is -0.340 e. The molecule has 0 saturated heterocycles. The van der Waals surface area contributed by atoms with E-state index < -0.39 is 0 Å². The Morgan fingerprint density at radius 2 is 1.92 bits per heavy atom. The molecule has 0 atom stereocenters. The van der Waals surface area contributed by atoms with Crippen molar-refractivity contribution in [3.8, 4) is 11.3 Å². The molecule has 123 valence electrons. The molecular weight excluding hydrogens is 488 g/mol. The van der Waals surface area contributed by atoms with Crippen LogP contribution >= 0.6 is 0 Å². The van der Waals surface area contributed by atoms with E-state index >= 15 is 0 Å². The largest absolute Gasteiger partial charge is 0.340 e. The second-order valence-corrected chi connectivity index (χ2v) is 5.83. The summed E-state index contributed by atoms with van der Waals surface area (Å²) in [6, 6.07) is 13.8. The van der Waals surface area contributed by atoms with Crippen LogP contribution in [0.1, 0.15) is 5.56 Å². The second kappa shape index (κ2) is 6.03. The van der Waals surface area contributed by atoms with Crippen LogP contribution in [0.5, 0.6) is 0 Å². The van der Waals surface area contributed by atoms with Gasteiger partial charge in [0.1, 0.15) is 0 Å². The smallest absolute Gasteiger partial charge is 0.0710 e. The molecular formula is C20H13IrN4-. The van der Waals surface area contributed by atoms with Gasteiger partial charge in [0.25, 0.3) is 0 Å². The maximum Gasteiger partial charge on any atom is 0.0710 e. The van der Waals surface area contributed by atoms with E-state index in [1.807, 2.05) is 24.7 Å². The summed E-state index contributed by atoms with van der Waals surface area (Å²) in [7, 11) is 0. The number of hydrogen-bond donors (Lipinski definition) is 0. The Morgan fingerprint density at radius 3 is 2.76 bits per heavy atom. The Morgan fingerprint density at radius 1 is 1.04 bits per heavy atom. The Balaban J connectivity index is 0.00000157. The zero-order valence-corrected chi connectivity index (χ0v) is 15.8. The number of aryl methyl sites for hydroxylation is 1. The number of imidazole rings is 1. The summed E-state index contributed by atoms with van der Waals surface area (Å²) in [5, 5.41) is 3.30. The molecule has 5 aromatic rings. The predicted molar refractivity (Wildman–Crippen MR) is 94.8 cm³/mol. The molecule has 0 aliphatic heterocycles. The average molecular weight is 502 g/mol. The maximum atomic E-state index is 4.56. The van der Waals surface area contributed by atoms with E-state index in [4.69, 9.17) is 0 Å². The van der Waals surface area contributed by atoms with Gasteiger partial charge in [0.05, 0.1) is 17.5 Å². The number of para-hydroxylation sites is 1. The molecule has 5 rings (SSSR count). The van der Waals surface area contributed by atoms with Crippen LogP contribution in [0.4, 0.5) is 0 Å². The number of aromatic nitrogens is 4. The molecule has 0 N–H and O–H groups in total. The molecule has 0 unspecified atom stereocenters. The molecule has 25 heavy (non-hydrogen) atoms. The fourth-order valence-corrected chi connectivity index (χ4v) is 3.43. The topological polar surface area (TPSA) is 43.1 Å². The van der Waals surface area contributed by atoms with E-state index in [1.165, 1.54) is 5.39 Å². The molecule has 2 aromatic carbocycles. The minimum atomic E-state index is 0. The number of hydrogen-bond acceptors (Lipinski definition) is 3. The second-order valence-electron chi connectivity index (χ2n) is 5.83. The molecule has 0 amide bonds. The van der Waals surface area contributed by atoms with E-state index in [0.29, 0.717) is 0 Å². The van der Waals surface area contributed by atoms with Gasteiger partial charge in [0.2, 0.25) is 0 Å². The average Bonchev–Trinajstić information content (AvgIpc) is 3.12. The van der Waals surface area contributed by atoms with Crippen LogP contribution in [0.15, 0.2) is 61.3 Å². The van der Waals surface area contributed by atoms with Gasteiger partial charge in [-0.1, -0.05) is 41.5 Å². The van der Waals surface area contributed by atoms with Gasteiger partial charge in [-0.05, 0) is 11.5 Å². The molecule has 0 aliphatic carbocycles. The molecule has 3 heterocycles. The van der Waals surface area contributed by atoms with E-state index in [0.717, 1.165) is 38.8 Å². The van der Waals surface area contributed by atoms with Crippen molar-refractivity contribution in [1.82, 2.24) is 19.4 Å². The van der Waals surface area contributed by atoms with Crippen LogP contribution in [-0.2, 0) is 20.1 Å². The van der Waals surface area contributed by atoms with Crippen molar-refractivity contribution in [2.45, 2.75) is 6.92 Å². The van der Waals surface area contributed by atoms with Gasteiger partial charge < -0.3 is 4.40 Å². The monoisotopic (exact) mass is 502 g/mol. The number of fused-ring (bicyclic) bond motifs is 6. The van der Waals surface area contributed by atoms with Gasteiger partial charge in [0.15, 0.2) is 0 Å². The van der Waals surface area contributed by atoms with Gasteiger partial charge in [-0.15, -0.1) is 17.7 Å². The summed E-state index contributed by atoms with van der Waals surface area (Å²) in [5.74, 6) is 0. The van der Waals surface area contributed by atoms with Gasteiger partial charge in [-0.25, -0.2) is 0 Å². The third-order valence-corrected chi connectivity index (χ3v) is 4.44. The van der Waals surface area contributed by atoms with Crippen LogP contribution in [-0.4, -0.2) is 19.4 Å². The van der Waals surface area contributed by atoms with Crippen LogP contribution in [0.2, 0.25) is 0 Å². The van der Waals surface area contributed by atoms with Crippen molar-refractivity contribution >= 4 is 27.3 Å². The van der Waals surface area contributed by atoms with E-state index in [9.17, 15) is 0 Å². The summed E-state index contributed by atoms with van der Waals surface area (Å²) in [6.45, 7) is 2.09. The SMILES string of the molecule is Cc1c[c-]c2c(c1-c1cnccn1)c1ccccc1n1ccnc21.[Ir]. The number of nitrogens with zero attached hydrogens (tertiary/aromatic N) is 4. The molecule has 0 spiro atoms. The van der Waals surface area contributed by atoms with Crippen molar-refractivity contribution in [3.05, 3.63) is 72.9 Å². The number of rotatable bonds is 1. The third-order valence-electron chi connectivity index (χ3n) is 4.44. The first-order valence-electron chi connectivity index (χ1n) is 7.80. The molecule has 4 nitrogen and oxygen atoms in total. The Hall–Kier alpha value is -2.62. The fraction of sp³-hybridized carbons (Fsp3) is 0.0500. The summed E-state index contributed by atoms with van der Waals surface area (Å²) >= 11 is 0. The van der Waals surface area contributed by atoms with E-state index in [1.54, 1.807) is 12.4 Å². The number of pyridine rings is 1. The quantitative estimate of drug-likeness (QED) is 0.255. The summed E-state index contributed by atoms with van der Waals surface area (Å²) in [6.07, 6.45) is 9.06. The molecule has 0 bridgehead atoms. The third kappa shape index (κ3) is 2.28. The summed E-state index contributed by atoms with van der Waals surface area (Å²) < 4.78 is 2.12. The molecule has 1 radical (unpaired) electrons. The first-order chi connectivity index (χ1) is 11.8. The van der Waals surface area contributed by atoms with Gasteiger partial charge in [-0.2, -0.15) is 0 Å². The van der Waals surface area contributed by atoms with Gasteiger partial charge in [-0.3, -0.25) is 15.0 Å². The van der Waals surface area contributed by atoms with Gasteiger partial charge >= 0.3 is 0 Å². The fourth-order valence-electron chi connectivity index (χ4n) is 3.43. The van der Waals surface area contributed by atoms with E-state index in [2.05, 4.69) is 56.6 Å². The molecule has 3 aromatic heterocycles. The normalized spacial score (nSPS) is 11.1. The molecule has 0 aliphatic rings. The zero-order valence-electron chi connectivity index (χ0n) is 13.4. The summed E-state index contributed by atoms with van der Waals surface area (Å²) in [5.41, 5.74) is 5.13. The Bertz CT molecular complexity index is 1210. The van der Waals surface area contributed by atoms with Gasteiger partial charge in [0, 0.05) is 50.4 Å². The van der Waals surface area contributed by atoms with Crippen molar-refractivity contribution in [2.24, 2.45) is 0 Å². The van der Waals surface area contributed by atoms with Crippen molar-refractivity contribution in [1.29, 1.82) is 0 Å². The summed E-state index contributed by atoms with van der Waals surface area (Å²) in [4.78, 5) is 13.3. The standard InChI is InChI=1S/C20H13N4.Ir/c1-13-6-7-15-19(18(13)16-12-21-8-9-22-16)14-4-2-3-5-17(14)24-11-10-23-20(15)24;/h2-6,8-12H,1H3;/q-1;. The first-order valence-corrected chi connectivity index (χ1v) is 7.80. The predicted octanol–water partition coefficient (Wildman–Crippen LogP) is 4.20. The molecule has 0 saturated carbocycles. The maximum absolute atomic E-state index is 4.56. The van der Waals surface area contributed by atoms with Crippen molar-refractivity contribution in [3.63, 3.8) is 0 Å². The molecule has 5 heteroatoms. The van der Waals surface area contributed by atoms with Crippen LogP contribution in [0, 0.1) is 13.0 Å². The van der Waals surface area contributed by atoms with Crippen molar-refractivity contribution in [2.75, 3.05) is 0 Å². The Labute approximate surface area is 157 Å². The van der Waals surface area contributed by atoms with Crippen LogP contribution in [0.3, 0.4) is 0 Å². The Kier molecular flexibility index (Phi) is 3.83. The van der Waals surface area contributed by atoms with E-state index in [-0.39, 0.29) is 20.1 Å². The first kappa shape index (κ1) is 15.9. The molecule has 0 fully saturated rings. The number of benzene rings is 2. The zero-order chi connectivity index (χ0) is 16.1.